The molecule has 6 nitrogen and oxygen atoms in total. The molecule has 0 aliphatic rings. The largest absolute Gasteiger partial charge is 0.493 e. The normalized spacial score (nSPS) is 11.5. The molecule has 0 unspecified atom stereocenters. The summed E-state index contributed by atoms with van der Waals surface area (Å²) in [5.74, 6) is -0.0318. The van der Waals surface area contributed by atoms with Gasteiger partial charge in [0.25, 0.3) is 5.91 Å². The quantitative estimate of drug-likeness (QED) is 0.186. The van der Waals surface area contributed by atoms with Crippen molar-refractivity contribution < 1.29 is 27.5 Å². The lowest BCUT2D eigenvalue weighted by atomic mass is 9.87. The highest BCUT2D eigenvalue weighted by Gasteiger charge is 2.30. The highest BCUT2D eigenvalue weighted by Crippen LogP contribution is 2.31. The number of halogens is 3. The van der Waals surface area contributed by atoms with Gasteiger partial charge >= 0.3 is 6.18 Å². The SMILES string of the molecule is Cc1ccc(C)c(OCCCC(C)(C)C(=O)NC(=S)Nc2cccc(C(=O)Nc3cccc(C(F)(F)F)c3)c2)c1. The van der Waals surface area contributed by atoms with Crippen LogP contribution in [0.25, 0.3) is 0 Å². The predicted octanol–water partition coefficient (Wildman–Crippen LogP) is 7.27. The number of carbonyl (C=O) groups is 2. The number of benzene rings is 3. The molecule has 0 atom stereocenters. The Balaban J connectivity index is 1.52. The number of hydrogen-bond acceptors (Lipinski definition) is 4. The van der Waals surface area contributed by atoms with E-state index in [1.165, 1.54) is 24.3 Å². The topological polar surface area (TPSA) is 79.5 Å². The van der Waals surface area contributed by atoms with E-state index in [9.17, 15) is 22.8 Å². The molecule has 3 aromatic carbocycles. The first-order valence-corrected chi connectivity index (χ1v) is 13.1. The Bertz CT molecular complexity index is 1390. The van der Waals surface area contributed by atoms with E-state index < -0.39 is 23.1 Å². The average molecular weight is 572 g/mol. The van der Waals surface area contributed by atoms with Gasteiger partial charge in [-0.3, -0.25) is 9.59 Å². The fourth-order valence-corrected chi connectivity index (χ4v) is 4.03. The van der Waals surface area contributed by atoms with E-state index in [1.54, 1.807) is 12.1 Å². The zero-order valence-electron chi connectivity index (χ0n) is 22.7. The molecule has 0 radical (unpaired) electrons. The van der Waals surface area contributed by atoms with Crippen LogP contribution in [0.5, 0.6) is 5.75 Å². The first-order valence-electron chi connectivity index (χ1n) is 12.7. The lowest BCUT2D eigenvalue weighted by Gasteiger charge is -2.24. The summed E-state index contributed by atoms with van der Waals surface area (Å²) in [6.45, 7) is 8.10. The van der Waals surface area contributed by atoms with Gasteiger partial charge in [0.15, 0.2) is 5.11 Å². The maximum Gasteiger partial charge on any atom is 0.416 e. The van der Waals surface area contributed by atoms with Crippen LogP contribution in [-0.4, -0.2) is 23.5 Å². The van der Waals surface area contributed by atoms with Crippen LogP contribution in [0, 0.1) is 19.3 Å². The van der Waals surface area contributed by atoms with E-state index in [0.29, 0.717) is 25.1 Å². The van der Waals surface area contributed by atoms with E-state index in [1.807, 2.05) is 45.9 Å². The summed E-state index contributed by atoms with van der Waals surface area (Å²) in [7, 11) is 0. The standard InChI is InChI=1S/C30H32F3N3O3S/c1-19-12-13-20(2)25(16-19)39-15-7-14-29(3,4)27(38)36-28(40)35-23-10-5-8-21(17-23)26(37)34-24-11-6-9-22(18-24)30(31,32)33/h5-6,8-13,16-18H,7,14-15H2,1-4H3,(H,34,37)(H2,35,36,38,40). The van der Waals surface area contributed by atoms with Gasteiger partial charge in [-0.05, 0) is 92.5 Å². The van der Waals surface area contributed by atoms with Gasteiger partial charge in [0, 0.05) is 22.4 Å². The second kappa shape index (κ2) is 13.0. The maximum atomic E-state index is 13.0. The highest BCUT2D eigenvalue weighted by atomic mass is 32.1. The Hall–Kier alpha value is -3.92. The molecule has 2 amide bonds. The Morgan fingerprint density at radius 3 is 2.27 bits per heavy atom. The summed E-state index contributed by atoms with van der Waals surface area (Å²) in [6, 6.07) is 16.6. The van der Waals surface area contributed by atoms with Crippen LogP contribution in [0.1, 0.15) is 53.7 Å². The zero-order chi connectivity index (χ0) is 29.5. The van der Waals surface area contributed by atoms with Crippen LogP contribution in [0.4, 0.5) is 24.5 Å². The summed E-state index contributed by atoms with van der Waals surface area (Å²) in [5, 5.41) is 8.09. The molecule has 40 heavy (non-hydrogen) atoms. The van der Waals surface area contributed by atoms with Crippen LogP contribution >= 0.6 is 12.2 Å². The molecule has 0 fully saturated rings. The van der Waals surface area contributed by atoms with Crippen molar-refractivity contribution in [3.8, 4) is 5.75 Å². The van der Waals surface area contributed by atoms with Gasteiger partial charge in [-0.15, -0.1) is 0 Å². The van der Waals surface area contributed by atoms with Crippen molar-refractivity contribution in [3.05, 3.63) is 89.0 Å². The summed E-state index contributed by atoms with van der Waals surface area (Å²) < 4.78 is 44.8. The lowest BCUT2D eigenvalue weighted by molar-refractivity contribution is -0.137. The molecule has 0 bridgehead atoms. The van der Waals surface area contributed by atoms with E-state index in [0.717, 1.165) is 29.0 Å². The molecule has 0 heterocycles. The predicted molar refractivity (Wildman–Crippen MR) is 155 cm³/mol. The number of anilines is 2. The first kappa shape index (κ1) is 30.6. The Morgan fingerprint density at radius 2 is 1.57 bits per heavy atom. The number of amides is 2. The third-order valence-corrected chi connectivity index (χ3v) is 6.42. The number of carbonyl (C=O) groups excluding carboxylic acids is 2. The summed E-state index contributed by atoms with van der Waals surface area (Å²) in [4.78, 5) is 25.5. The van der Waals surface area contributed by atoms with Gasteiger partial charge in [-0.2, -0.15) is 13.2 Å². The second-order valence-corrected chi connectivity index (χ2v) is 10.5. The monoisotopic (exact) mass is 571 g/mol. The van der Waals surface area contributed by atoms with Crippen molar-refractivity contribution in [1.82, 2.24) is 5.32 Å². The Labute approximate surface area is 237 Å². The van der Waals surface area contributed by atoms with Crippen LogP contribution in [0.3, 0.4) is 0 Å². The minimum atomic E-state index is -4.52. The molecule has 0 spiro atoms. The van der Waals surface area contributed by atoms with Crippen molar-refractivity contribution in [1.29, 1.82) is 0 Å². The van der Waals surface area contributed by atoms with E-state index in [2.05, 4.69) is 16.0 Å². The Morgan fingerprint density at radius 1 is 0.900 bits per heavy atom. The zero-order valence-corrected chi connectivity index (χ0v) is 23.6. The number of ether oxygens (including phenoxy) is 1. The van der Waals surface area contributed by atoms with Crippen LogP contribution < -0.4 is 20.7 Å². The number of rotatable bonds is 9. The van der Waals surface area contributed by atoms with Gasteiger partial charge in [0.1, 0.15) is 5.75 Å². The van der Waals surface area contributed by atoms with Crippen molar-refractivity contribution in [2.45, 2.75) is 46.7 Å². The second-order valence-electron chi connectivity index (χ2n) is 10.1. The van der Waals surface area contributed by atoms with Crippen molar-refractivity contribution in [2.75, 3.05) is 17.2 Å². The number of thiocarbonyl (C=S) groups is 1. The van der Waals surface area contributed by atoms with Crippen LogP contribution in [0.15, 0.2) is 66.7 Å². The molecular weight excluding hydrogens is 539 g/mol. The van der Waals surface area contributed by atoms with E-state index in [-0.39, 0.29) is 22.3 Å². The summed E-state index contributed by atoms with van der Waals surface area (Å²) in [5.41, 5.74) is 1.23. The number of alkyl halides is 3. The molecule has 3 N–H and O–H groups in total. The van der Waals surface area contributed by atoms with Gasteiger partial charge in [0.05, 0.1) is 12.2 Å². The first-order chi connectivity index (χ1) is 18.7. The van der Waals surface area contributed by atoms with Gasteiger partial charge in [0.2, 0.25) is 5.91 Å². The molecular formula is C30H32F3N3O3S. The van der Waals surface area contributed by atoms with Gasteiger partial charge in [-0.1, -0.05) is 38.1 Å². The lowest BCUT2D eigenvalue weighted by Crippen LogP contribution is -2.42. The van der Waals surface area contributed by atoms with Crippen LogP contribution in [0.2, 0.25) is 0 Å². The molecule has 3 rings (SSSR count). The molecule has 0 saturated carbocycles. The molecule has 212 valence electrons. The molecule has 10 heteroatoms. The molecule has 0 aliphatic carbocycles. The fourth-order valence-electron chi connectivity index (χ4n) is 3.82. The fraction of sp³-hybridized carbons (Fsp3) is 0.300. The maximum absolute atomic E-state index is 13.0. The van der Waals surface area contributed by atoms with Crippen molar-refractivity contribution in [2.24, 2.45) is 5.41 Å². The number of aryl methyl sites for hydroxylation is 2. The summed E-state index contributed by atoms with van der Waals surface area (Å²) in [6.07, 6.45) is -3.29. The highest BCUT2D eigenvalue weighted by molar-refractivity contribution is 7.80. The minimum Gasteiger partial charge on any atom is -0.493 e. The van der Waals surface area contributed by atoms with E-state index in [4.69, 9.17) is 17.0 Å². The van der Waals surface area contributed by atoms with Crippen molar-refractivity contribution in [3.63, 3.8) is 0 Å². The van der Waals surface area contributed by atoms with Gasteiger partial charge < -0.3 is 20.7 Å². The minimum absolute atomic E-state index is 0.0163. The van der Waals surface area contributed by atoms with Gasteiger partial charge in [-0.25, -0.2) is 0 Å². The third-order valence-electron chi connectivity index (χ3n) is 6.22. The average Bonchev–Trinajstić information content (AvgIpc) is 2.88. The molecule has 0 aromatic heterocycles. The molecule has 3 aromatic rings. The van der Waals surface area contributed by atoms with E-state index >= 15 is 0 Å². The summed E-state index contributed by atoms with van der Waals surface area (Å²) >= 11 is 5.30. The molecule has 0 aliphatic heterocycles. The van der Waals surface area contributed by atoms with Crippen LogP contribution in [-0.2, 0) is 11.0 Å². The van der Waals surface area contributed by atoms with Crippen molar-refractivity contribution >= 4 is 40.5 Å². The molecule has 0 saturated heterocycles. The Kier molecular flexibility index (Phi) is 9.92. The number of nitrogens with one attached hydrogen (secondary N) is 3. The third kappa shape index (κ3) is 8.81. The smallest absolute Gasteiger partial charge is 0.416 e. The number of hydrogen-bond donors (Lipinski definition) is 3.